The minimum absolute atomic E-state index is 0. The van der Waals surface area contributed by atoms with Crippen LogP contribution < -0.4 is 0 Å². The molecular weight excluding hydrogens is 541 g/mol. The molecule has 0 aromatic carbocycles. The second-order valence-corrected chi connectivity index (χ2v) is 4.80. The monoisotopic (exact) mass is 555 g/mol. The number of rotatable bonds is 6. The van der Waals surface area contributed by atoms with Gasteiger partial charge in [0.2, 0.25) is 11.6 Å². The van der Waals surface area contributed by atoms with Crippen molar-refractivity contribution in [2.75, 3.05) is 0 Å². The van der Waals surface area contributed by atoms with Crippen LogP contribution in [0.5, 0.6) is 0 Å². The first-order valence-corrected chi connectivity index (χ1v) is 5.62. The van der Waals surface area contributed by atoms with Gasteiger partial charge in [0.15, 0.2) is 0 Å². The van der Waals surface area contributed by atoms with Gasteiger partial charge in [-0.15, -0.1) is 0 Å². The second-order valence-electron chi connectivity index (χ2n) is 4.80. The Hall–Kier alpha value is 0.422. The van der Waals surface area contributed by atoms with Gasteiger partial charge in [-0.2, -0.15) is 32.8 Å². The van der Waals surface area contributed by atoms with Gasteiger partial charge < -0.3 is 6.92 Å². The Morgan fingerprint density at radius 2 is 1.29 bits per heavy atom. The Bertz CT molecular complexity index is 306. The summed E-state index contributed by atoms with van der Waals surface area (Å²) in [6.45, 7) is 2.95. The Morgan fingerprint density at radius 1 is 0.857 bits per heavy atom. The summed E-state index contributed by atoms with van der Waals surface area (Å²) in [6.07, 6.45) is -16.3. The fraction of sp³-hybridized carbons (Fsp3) is 0.909. The van der Waals surface area contributed by atoms with Gasteiger partial charge in [-0.25, -0.2) is 13.2 Å². The van der Waals surface area contributed by atoms with E-state index in [4.69, 9.17) is 0 Å². The molecule has 0 bridgehead atoms. The van der Waals surface area contributed by atoms with Crippen LogP contribution in [-0.2, 0) is 0 Å². The van der Waals surface area contributed by atoms with Gasteiger partial charge >= 0.3 is 12.4 Å². The van der Waals surface area contributed by atoms with Crippen LogP contribution in [0.4, 0.5) is 39.5 Å². The Morgan fingerprint density at radius 3 is 1.57 bits per heavy atom. The number of hydrogen-bond donors (Lipinski definition) is 0. The minimum Gasteiger partial charge on any atom is -0.343 e. The molecule has 21 heavy (non-hydrogen) atoms. The molecule has 0 amide bonds. The first-order valence-electron chi connectivity index (χ1n) is 5.62. The van der Waals surface area contributed by atoms with Gasteiger partial charge in [-0.1, -0.05) is 0 Å². The fourth-order valence-corrected chi connectivity index (χ4v) is 1.60. The summed E-state index contributed by atoms with van der Waals surface area (Å²) in [7, 11) is 0. The molecule has 0 aliphatic carbocycles. The Balaban J connectivity index is 0. The SMILES string of the molecule is [CH2-]CCC(F)(F)CC(CC(C)(F)C(F)(F)F)C(F)(F)F.[U]. The van der Waals surface area contributed by atoms with Crippen molar-refractivity contribution in [3.05, 3.63) is 6.92 Å². The summed E-state index contributed by atoms with van der Waals surface area (Å²) in [5, 5.41) is 0. The molecule has 2 atom stereocenters. The van der Waals surface area contributed by atoms with Crippen LogP contribution in [0.3, 0.4) is 0 Å². The molecule has 126 valence electrons. The van der Waals surface area contributed by atoms with E-state index in [1.165, 1.54) is 0 Å². The standard InChI is InChI=1S/C11H14F9.U/c1-3-4-9(13,14)6-7(10(15,16)17)5-8(2,12)11(18,19)20;/h7H,1,3-6H2,2H3;/q-1;. The zero-order chi connectivity index (χ0) is 16.4. The first-order chi connectivity index (χ1) is 8.62. The van der Waals surface area contributed by atoms with Gasteiger partial charge in [-0.05, 0) is 13.3 Å². The van der Waals surface area contributed by atoms with E-state index in [9.17, 15) is 39.5 Å². The molecule has 0 radical (unpaired) electrons. The number of alkyl halides is 9. The third kappa shape index (κ3) is 8.01. The quantitative estimate of drug-likeness (QED) is 0.301. The summed E-state index contributed by atoms with van der Waals surface area (Å²) < 4.78 is 114. The van der Waals surface area contributed by atoms with Crippen LogP contribution in [0.2, 0.25) is 0 Å². The van der Waals surface area contributed by atoms with Crippen LogP contribution in [0.15, 0.2) is 0 Å². The van der Waals surface area contributed by atoms with Crippen LogP contribution in [0.1, 0.15) is 32.6 Å². The summed E-state index contributed by atoms with van der Waals surface area (Å²) in [5.41, 5.74) is -4.19. The van der Waals surface area contributed by atoms with Crippen molar-refractivity contribution < 1.29 is 70.6 Å². The topological polar surface area (TPSA) is 0 Å². The molecule has 0 saturated carbocycles. The van der Waals surface area contributed by atoms with E-state index in [2.05, 4.69) is 6.92 Å². The van der Waals surface area contributed by atoms with Gasteiger partial charge in [0.05, 0.1) is 5.92 Å². The van der Waals surface area contributed by atoms with E-state index in [-0.39, 0.29) is 44.5 Å². The molecular formula is C11H14F9U-. The zero-order valence-corrected chi connectivity index (χ0v) is 15.2. The third-order valence-electron chi connectivity index (χ3n) is 2.77. The zero-order valence-electron chi connectivity index (χ0n) is 11.0. The maximum atomic E-state index is 13.3. The van der Waals surface area contributed by atoms with E-state index in [0.29, 0.717) is 0 Å². The molecule has 2 unspecified atom stereocenters. The van der Waals surface area contributed by atoms with Crippen molar-refractivity contribution in [2.24, 2.45) is 5.92 Å². The van der Waals surface area contributed by atoms with Crippen LogP contribution >= 0.6 is 0 Å². The Labute approximate surface area is 140 Å². The van der Waals surface area contributed by atoms with Crippen LogP contribution in [0, 0.1) is 44.0 Å². The smallest absolute Gasteiger partial charge is 0.343 e. The molecule has 0 aromatic heterocycles. The van der Waals surface area contributed by atoms with E-state index in [1.54, 1.807) is 0 Å². The maximum absolute atomic E-state index is 13.3. The molecule has 0 aliphatic heterocycles. The fourth-order valence-electron chi connectivity index (χ4n) is 1.60. The molecule has 10 heteroatoms. The molecule has 0 heterocycles. The van der Waals surface area contributed by atoms with Gasteiger partial charge in [-0.3, -0.25) is 0 Å². The number of hydrogen-bond acceptors (Lipinski definition) is 0. The molecule has 0 spiro atoms. The largest absolute Gasteiger partial charge is 0.422 e. The predicted molar refractivity (Wildman–Crippen MR) is 53.9 cm³/mol. The van der Waals surface area contributed by atoms with Crippen LogP contribution in [-0.4, -0.2) is 23.9 Å². The average Bonchev–Trinajstić information content (AvgIpc) is 2.11. The van der Waals surface area contributed by atoms with Gasteiger partial charge in [0, 0.05) is 44.0 Å². The van der Waals surface area contributed by atoms with Crippen molar-refractivity contribution in [3.63, 3.8) is 0 Å². The summed E-state index contributed by atoms with van der Waals surface area (Å²) in [6, 6.07) is 0. The van der Waals surface area contributed by atoms with Crippen molar-refractivity contribution in [3.8, 4) is 0 Å². The summed E-state index contributed by atoms with van der Waals surface area (Å²) in [4.78, 5) is 0. The maximum Gasteiger partial charge on any atom is 0.422 e. The summed E-state index contributed by atoms with van der Waals surface area (Å²) >= 11 is 0. The van der Waals surface area contributed by atoms with Crippen LogP contribution in [0.25, 0.3) is 0 Å². The average molecular weight is 555 g/mol. The van der Waals surface area contributed by atoms with E-state index in [0.717, 1.165) is 0 Å². The molecule has 0 aromatic rings. The normalized spacial score (nSPS) is 17.9. The number of halogens is 9. The van der Waals surface area contributed by atoms with Crippen molar-refractivity contribution in [2.45, 2.75) is 56.6 Å². The van der Waals surface area contributed by atoms with Gasteiger partial charge in [0.25, 0.3) is 0 Å². The van der Waals surface area contributed by atoms with Crippen molar-refractivity contribution in [1.82, 2.24) is 0 Å². The summed E-state index contributed by atoms with van der Waals surface area (Å²) in [5.74, 6) is -6.93. The molecule has 0 fully saturated rings. The molecule has 0 nitrogen and oxygen atoms in total. The first kappa shape index (κ1) is 23.7. The molecule has 0 N–H and O–H groups in total. The van der Waals surface area contributed by atoms with Crippen molar-refractivity contribution >= 4 is 0 Å². The molecule has 0 rings (SSSR count). The predicted octanol–water partition coefficient (Wildman–Crippen LogP) is 5.49. The van der Waals surface area contributed by atoms with Gasteiger partial charge in [0.1, 0.15) is 0 Å². The van der Waals surface area contributed by atoms with E-state index in [1.807, 2.05) is 0 Å². The third-order valence-corrected chi connectivity index (χ3v) is 2.77. The van der Waals surface area contributed by atoms with E-state index < -0.39 is 49.1 Å². The van der Waals surface area contributed by atoms with Crippen molar-refractivity contribution in [1.29, 1.82) is 0 Å². The minimum atomic E-state index is -5.56. The van der Waals surface area contributed by atoms with E-state index >= 15 is 0 Å². The molecule has 0 saturated heterocycles. The second kappa shape index (κ2) is 7.80. The Kier molecular flexibility index (Phi) is 8.80. The molecule has 0 aliphatic rings.